The van der Waals surface area contributed by atoms with Crippen LogP contribution in [0.5, 0.6) is 0 Å². The van der Waals surface area contributed by atoms with Gasteiger partial charge in [0.05, 0.1) is 5.69 Å². The molecular weight excluding hydrogens is 386 g/mol. The first-order valence-electron chi connectivity index (χ1n) is 9.70. The van der Waals surface area contributed by atoms with Crippen LogP contribution in [-0.2, 0) is 12.8 Å². The number of fused-ring (bicyclic) bond motifs is 3. The van der Waals surface area contributed by atoms with Crippen LogP contribution in [0, 0.1) is 20.8 Å². The zero-order valence-electron chi connectivity index (χ0n) is 16.5. The fraction of sp³-hybridized carbons (Fsp3) is 0.292. The average Bonchev–Trinajstić information content (AvgIpc) is 3.20. The lowest BCUT2D eigenvalue weighted by Crippen LogP contribution is -1.99. The van der Waals surface area contributed by atoms with E-state index in [9.17, 15) is 0 Å². The second kappa shape index (κ2) is 7.38. The highest BCUT2D eigenvalue weighted by atomic mass is 35.5. The number of aryl methyl sites for hydroxylation is 5. The minimum absolute atomic E-state index is 0. The van der Waals surface area contributed by atoms with E-state index >= 15 is 0 Å². The predicted octanol–water partition coefficient (Wildman–Crippen LogP) is 7.45. The van der Waals surface area contributed by atoms with Gasteiger partial charge in [-0.2, -0.15) is 0 Å². The third kappa shape index (κ3) is 3.17. The van der Waals surface area contributed by atoms with Gasteiger partial charge in [-0.05, 0) is 75.3 Å². The van der Waals surface area contributed by atoms with Crippen molar-refractivity contribution in [2.75, 3.05) is 0 Å². The summed E-state index contributed by atoms with van der Waals surface area (Å²) in [5.74, 6) is 1.88. The fourth-order valence-corrected chi connectivity index (χ4v) is 5.61. The van der Waals surface area contributed by atoms with Crippen molar-refractivity contribution < 1.29 is 4.42 Å². The van der Waals surface area contributed by atoms with E-state index in [4.69, 9.17) is 9.40 Å². The van der Waals surface area contributed by atoms with Crippen LogP contribution in [0.3, 0.4) is 0 Å². The minimum atomic E-state index is 0. The van der Waals surface area contributed by atoms with Crippen molar-refractivity contribution >= 4 is 34.0 Å². The summed E-state index contributed by atoms with van der Waals surface area (Å²) >= 11 is 1.89. The van der Waals surface area contributed by atoms with Crippen LogP contribution in [0.4, 0.5) is 0 Å². The molecule has 0 spiro atoms. The normalized spacial score (nSPS) is 13.4. The van der Waals surface area contributed by atoms with E-state index in [1.165, 1.54) is 63.0 Å². The second-order valence-electron chi connectivity index (χ2n) is 7.64. The Morgan fingerprint density at radius 3 is 2.54 bits per heavy atom. The Bertz CT molecular complexity index is 1170. The zero-order valence-corrected chi connectivity index (χ0v) is 18.1. The number of nitrogens with zero attached hydrogens (tertiary/aromatic N) is 1. The summed E-state index contributed by atoms with van der Waals surface area (Å²) < 4.78 is 5.79. The number of thiophene rings is 1. The maximum Gasteiger partial charge on any atom is 0.125 e. The maximum atomic E-state index is 5.79. The Balaban J connectivity index is 0.00000192. The summed E-state index contributed by atoms with van der Waals surface area (Å²) in [6, 6.07) is 13.2. The lowest BCUT2D eigenvalue weighted by molar-refractivity contribution is 0.505. The van der Waals surface area contributed by atoms with Crippen molar-refractivity contribution in [3.63, 3.8) is 0 Å². The smallest absolute Gasteiger partial charge is 0.125 e. The second-order valence-corrected chi connectivity index (χ2v) is 8.73. The molecule has 0 aliphatic heterocycles. The first kappa shape index (κ1) is 19.2. The molecule has 5 rings (SSSR count). The number of furan rings is 1. The topological polar surface area (TPSA) is 26.0 Å². The van der Waals surface area contributed by atoms with Crippen LogP contribution < -0.4 is 0 Å². The number of hydrogen-bond donors (Lipinski definition) is 0. The van der Waals surface area contributed by atoms with Crippen molar-refractivity contribution in [2.24, 2.45) is 0 Å². The number of benzene rings is 1. The highest BCUT2D eigenvalue weighted by molar-refractivity contribution is 7.19. The van der Waals surface area contributed by atoms with Crippen LogP contribution in [0.2, 0.25) is 0 Å². The average molecular weight is 410 g/mol. The standard InChI is InChI=1S/C24H23NOS.ClH/c1-14-7-6-8-17(11-14)20-13-21(19-12-15(2)26-16(19)3)25-24-23(20)18-9-4-5-10-22(18)27-24;/h6-8,11-13H,4-5,9-10H2,1-3H3;1H. The van der Waals surface area contributed by atoms with Gasteiger partial charge in [-0.1, -0.05) is 29.8 Å². The van der Waals surface area contributed by atoms with Crippen LogP contribution in [-0.4, -0.2) is 4.98 Å². The molecule has 0 unspecified atom stereocenters. The predicted molar refractivity (Wildman–Crippen MR) is 121 cm³/mol. The maximum absolute atomic E-state index is 5.79. The van der Waals surface area contributed by atoms with Gasteiger partial charge < -0.3 is 4.42 Å². The molecule has 1 aliphatic carbocycles. The van der Waals surface area contributed by atoms with Gasteiger partial charge in [0, 0.05) is 15.8 Å². The Morgan fingerprint density at radius 2 is 1.79 bits per heavy atom. The molecule has 4 aromatic rings. The zero-order chi connectivity index (χ0) is 18.5. The third-order valence-corrected chi connectivity index (χ3v) is 6.76. The lowest BCUT2D eigenvalue weighted by Gasteiger charge is -2.13. The van der Waals surface area contributed by atoms with Gasteiger partial charge in [0.2, 0.25) is 0 Å². The fourth-order valence-electron chi connectivity index (χ4n) is 4.32. The van der Waals surface area contributed by atoms with E-state index in [-0.39, 0.29) is 12.4 Å². The van der Waals surface area contributed by atoms with Gasteiger partial charge in [0.15, 0.2) is 0 Å². The van der Waals surface area contributed by atoms with Crippen molar-refractivity contribution in [1.82, 2.24) is 4.98 Å². The van der Waals surface area contributed by atoms with Crippen LogP contribution in [0.1, 0.15) is 40.4 Å². The summed E-state index contributed by atoms with van der Waals surface area (Å²) in [6.07, 6.45) is 4.96. The molecule has 4 heteroatoms. The van der Waals surface area contributed by atoms with Gasteiger partial charge in [-0.15, -0.1) is 23.7 Å². The number of halogens is 1. The number of rotatable bonds is 2. The summed E-state index contributed by atoms with van der Waals surface area (Å²) in [7, 11) is 0. The molecule has 0 atom stereocenters. The lowest BCUT2D eigenvalue weighted by atomic mass is 9.91. The van der Waals surface area contributed by atoms with E-state index in [2.05, 4.69) is 43.3 Å². The van der Waals surface area contributed by atoms with Crippen molar-refractivity contribution in [3.05, 3.63) is 63.9 Å². The van der Waals surface area contributed by atoms with E-state index < -0.39 is 0 Å². The van der Waals surface area contributed by atoms with E-state index in [1.807, 2.05) is 25.2 Å². The Morgan fingerprint density at radius 1 is 0.964 bits per heavy atom. The van der Waals surface area contributed by atoms with Crippen molar-refractivity contribution in [2.45, 2.75) is 46.5 Å². The van der Waals surface area contributed by atoms with Crippen LogP contribution in [0.15, 0.2) is 40.8 Å². The van der Waals surface area contributed by atoms with Gasteiger partial charge in [-0.3, -0.25) is 0 Å². The molecule has 1 aromatic carbocycles. The summed E-state index contributed by atoms with van der Waals surface area (Å²) in [4.78, 5) is 7.80. The molecule has 0 N–H and O–H groups in total. The first-order chi connectivity index (χ1) is 13.1. The van der Waals surface area contributed by atoms with Crippen molar-refractivity contribution in [3.8, 4) is 22.4 Å². The Kier molecular flexibility index (Phi) is 5.07. The molecule has 3 aromatic heterocycles. The molecule has 0 fully saturated rings. The largest absolute Gasteiger partial charge is 0.466 e. The summed E-state index contributed by atoms with van der Waals surface area (Å²) in [5, 5.41) is 1.38. The molecule has 2 nitrogen and oxygen atoms in total. The van der Waals surface area contributed by atoms with E-state index in [0.717, 1.165) is 22.8 Å². The molecule has 28 heavy (non-hydrogen) atoms. The van der Waals surface area contributed by atoms with Crippen LogP contribution in [0.25, 0.3) is 32.6 Å². The van der Waals surface area contributed by atoms with Gasteiger partial charge in [0.25, 0.3) is 0 Å². The quantitative estimate of drug-likeness (QED) is 0.343. The molecule has 1 aliphatic rings. The summed E-state index contributed by atoms with van der Waals surface area (Å²) in [6.45, 7) is 6.19. The third-order valence-electron chi connectivity index (χ3n) is 5.57. The monoisotopic (exact) mass is 409 g/mol. The SMILES string of the molecule is Cc1cccc(-c2cc(-c3cc(C)oc3C)nc3sc4c(c23)CCCC4)c1.Cl. The number of aromatic nitrogens is 1. The molecule has 0 saturated heterocycles. The molecule has 0 amide bonds. The highest BCUT2D eigenvalue weighted by Gasteiger charge is 2.22. The van der Waals surface area contributed by atoms with Gasteiger partial charge in [0.1, 0.15) is 16.4 Å². The molecule has 3 heterocycles. The molecule has 0 saturated carbocycles. The molecule has 144 valence electrons. The molecular formula is C24H24ClNOS. The van der Waals surface area contributed by atoms with Gasteiger partial charge in [-0.25, -0.2) is 4.98 Å². The molecule has 0 bridgehead atoms. The molecule has 0 radical (unpaired) electrons. The Labute approximate surface area is 176 Å². The van der Waals surface area contributed by atoms with E-state index in [0.29, 0.717) is 0 Å². The summed E-state index contributed by atoms with van der Waals surface area (Å²) in [5.41, 5.74) is 7.56. The number of pyridine rings is 1. The van der Waals surface area contributed by atoms with Crippen LogP contribution >= 0.6 is 23.7 Å². The number of hydrogen-bond acceptors (Lipinski definition) is 3. The van der Waals surface area contributed by atoms with E-state index in [1.54, 1.807) is 0 Å². The highest BCUT2D eigenvalue weighted by Crippen LogP contribution is 2.43. The Hall–Kier alpha value is -2.10. The first-order valence-corrected chi connectivity index (χ1v) is 10.5. The van der Waals surface area contributed by atoms with Gasteiger partial charge >= 0.3 is 0 Å². The minimum Gasteiger partial charge on any atom is -0.466 e. The van der Waals surface area contributed by atoms with Crippen molar-refractivity contribution in [1.29, 1.82) is 0 Å².